The van der Waals surface area contributed by atoms with Gasteiger partial charge < -0.3 is 15.3 Å². The summed E-state index contributed by atoms with van der Waals surface area (Å²) in [4.78, 5) is 20.2. The van der Waals surface area contributed by atoms with Crippen molar-refractivity contribution >= 4 is 11.8 Å². The van der Waals surface area contributed by atoms with Crippen LogP contribution < -0.4 is 10.5 Å². The van der Waals surface area contributed by atoms with Gasteiger partial charge in [-0.3, -0.25) is 9.55 Å². The first-order valence-electron chi connectivity index (χ1n) is 10.9. The summed E-state index contributed by atoms with van der Waals surface area (Å²) in [5.41, 5.74) is 7.30. The van der Waals surface area contributed by atoms with E-state index in [9.17, 15) is 13.2 Å². The molecule has 3 heterocycles. The lowest BCUT2D eigenvalue weighted by molar-refractivity contribution is 0.146. The summed E-state index contributed by atoms with van der Waals surface area (Å²) in [7, 11) is 0. The van der Waals surface area contributed by atoms with Crippen LogP contribution in [0.5, 0.6) is 5.88 Å². The molecule has 0 spiro atoms. The lowest BCUT2D eigenvalue weighted by Gasteiger charge is -2.17. The fraction of sp³-hybridized carbons (Fsp3) is 0.240. The first kappa shape index (κ1) is 24.7. The van der Waals surface area contributed by atoms with Gasteiger partial charge in [0.25, 0.3) is 6.43 Å². The topological polar surface area (TPSA) is 96.1 Å². The Hall–Kier alpha value is -4.46. The Morgan fingerprint density at radius 1 is 1.08 bits per heavy atom. The van der Waals surface area contributed by atoms with Crippen molar-refractivity contribution < 1.29 is 17.9 Å². The molecule has 0 amide bonds. The Kier molecular flexibility index (Phi) is 6.87. The van der Waals surface area contributed by atoms with Gasteiger partial charge in [-0.2, -0.15) is 4.98 Å². The molecule has 0 unspecified atom stereocenters. The number of nitrogen functional groups attached to an aromatic ring is 1. The second-order valence-electron chi connectivity index (χ2n) is 8.24. The molecule has 0 aliphatic rings. The van der Waals surface area contributed by atoms with E-state index in [1.807, 2.05) is 13.8 Å². The zero-order chi connectivity index (χ0) is 26.0. The zero-order valence-electron chi connectivity index (χ0n) is 19.7. The predicted octanol–water partition coefficient (Wildman–Crippen LogP) is 6.08. The summed E-state index contributed by atoms with van der Waals surface area (Å²) >= 11 is 0. The highest BCUT2D eigenvalue weighted by atomic mass is 19.3. The Bertz CT molecular complexity index is 1440. The molecule has 8 nitrogen and oxygen atoms in total. The van der Waals surface area contributed by atoms with Crippen LogP contribution >= 0.6 is 0 Å². The van der Waals surface area contributed by atoms with Gasteiger partial charge in [0.15, 0.2) is 6.61 Å². The number of aryl methyl sites for hydroxylation is 1. The molecule has 4 rings (SSSR count). The van der Waals surface area contributed by atoms with Crippen LogP contribution in [0.1, 0.15) is 43.5 Å². The molecule has 0 fully saturated rings. The molecule has 0 aliphatic heterocycles. The highest BCUT2D eigenvalue weighted by molar-refractivity contribution is 5.85. The van der Waals surface area contributed by atoms with E-state index in [2.05, 4.69) is 24.8 Å². The number of halogens is 3. The third-order valence-electron chi connectivity index (χ3n) is 5.32. The van der Waals surface area contributed by atoms with Gasteiger partial charge in [0.05, 0.1) is 23.5 Å². The van der Waals surface area contributed by atoms with Gasteiger partial charge in [-0.25, -0.2) is 23.1 Å². The third-order valence-corrected chi connectivity index (χ3v) is 5.32. The van der Waals surface area contributed by atoms with Crippen molar-refractivity contribution in [2.75, 3.05) is 5.73 Å². The largest absolute Gasteiger partial charge is 0.467 e. The van der Waals surface area contributed by atoms with Gasteiger partial charge >= 0.3 is 0 Å². The van der Waals surface area contributed by atoms with Gasteiger partial charge in [-0.15, -0.1) is 0 Å². The van der Waals surface area contributed by atoms with Gasteiger partial charge in [-0.05, 0) is 62.7 Å². The number of rotatable bonds is 7. The second-order valence-corrected chi connectivity index (χ2v) is 8.24. The Morgan fingerprint density at radius 3 is 2.44 bits per heavy atom. The van der Waals surface area contributed by atoms with Crippen LogP contribution in [0.25, 0.3) is 27.2 Å². The number of alkyl halides is 2. The number of anilines is 1. The van der Waals surface area contributed by atoms with Crippen molar-refractivity contribution in [3.8, 4) is 28.3 Å². The highest BCUT2D eigenvalue weighted by Crippen LogP contribution is 2.39. The van der Waals surface area contributed by atoms with Crippen LogP contribution in [-0.4, -0.2) is 24.5 Å². The molecule has 36 heavy (non-hydrogen) atoms. The number of nitrogens with two attached hydrogens (primary N) is 1. The normalized spacial score (nSPS) is 11.2. The fourth-order valence-electron chi connectivity index (χ4n) is 3.86. The average Bonchev–Trinajstić information content (AvgIpc) is 3.25. The number of hydrogen-bond donors (Lipinski definition) is 1. The molecular weight excluding hydrogens is 471 g/mol. The fourth-order valence-corrected chi connectivity index (χ4v) is 3.86. The molecule has 0 saturated heterocycles. The molecule has 2 N–H and O–H groups in total. The van der Waals surface area contributed by atoms with E-state index in [4.69, 9.17) is 17.0 Å². The summed E-state index contributed by atoms with van der Waals surface area (Å²) in [6, 6.07) is 8.29. The quantitative estimate of drug-likeness (QED) is 0.314. The minimum Gasteiger partial charge on any atom is -0.467 e. The van der Waals surface area contributed by atoms with Crippen LogP contribution in [0.15, 0.2) is 42.6 Å². The number of pyridine rings is 1. The van der Waals surface area contributed by atoms with E-state index in [0.717, 1.165) is 0 Å². The van der Waals surface area contributed by atoms with E-state index in [1.165, 1.54) is 36.5 Å². The van der Waals surface area contributed by atoms with Crippen LogP contribution in [0.2, 0.25) is 0 Å². The number of nitrogens with zero attached hydrogens (tertiary/aromatic N) is 6. The third kappa shape index (κ3) is 4.98. The molecular formula is C25H22F3N7O. The zero-order valence-corrected chi connectivity index (χ0v) is 19.7. The smallest absolute Gasteiger partial charge is 0.280 e. The lowest BCUT2D eigenvalue weighted by Crippen LogP contribution is -2.11. The minimum absolute atomic E-state index is 0.0234. The van der Waals surface area contributed by atoms with Crippen LogP contribution in [0, 0.1) is 19.3 Å². The molecule has 4 aromatic rings. The van der Waals surface area contributed by atoms with E-state index in [-0.39, 0.29) is 35.7 Å². The summed E-state index contributed by atoms with van der Waals surface area (Å²) < 4.78 is 48.5. The summed E-state index contributed by atoms with van der Waals surface area (Å²) in [6.45, 7) is 12.7. The molecule has 0 radical (unpaired) electrons. The SMILES string of the molecule is [C-]#[N+]c1cnc(COc2nc(N)nc(-c3ccc(F)cc3)c2-c2cc(C)nc(C(F)F)c2)n1C(C)C. The Morgan fingerprint density at radius 2 is 1.81 bits per heavy atom. The Balaban J connectivity index is 1.89. The summed E-state index contributed by atoms with van der Waals surface area (Å²) in [6.07, 6.45) is -1.35. The van der Waals surface area contributed by atoms with E-state index < -0.39 is 17.9 Å². The minimum atomic E-state index is -2.80. The maximum atomic E-state index is 13.6. The molecule has 1 aromatic carbocycles. The number of imidazole rings is 1. The highest BCUT2D eigenvalue weighted by Gasteiger charge is 2.23. The maximum absolute atomic E-state index is 13.6. The van der Waals surface area contributed by atoms with E-state index >= 15 is 0 Å². The van der Waals surface area contributed by atoms with E-state index in [0.29, 0.717) is 28.5 Å². The van der Waals surface area contributed by atoms with Gasteiger partial charge in [0.1, 0.15) is 11.5 Å². The van der Waals surface area contributed by atoms with Crippen molar-refractivity contribution in [2.45, 2.75) is 39.8 Å². The second kappa shape index (κ2) is 10.0. The summed E-state index contributed by atoms with van der Waals surface area (Å²) in [5.74, 6) is 0.276. The van der Waals surface area contributed by atoms with Crippen LogP contribution in [0.4, 0.5) is 24.9 Å². The Labute approximate surface area is 205 Å². The average molecular weight is 493 g/mol. The first-order chi connectivity index (χ1) is 17.2. The van der Waals surface area contributed by atoms with Crippen molar-refractivity contribution in [1.29, 1.82) is 0 Å². The van der Waals surface area contributed by atoms with Crippen LogP contribution in [-0.2, 0) is 6.61 Å². The van der Waals surface area contributed by atoms with Crippen molar-refractivity contribution in [1.82, 2.24) is 24.5 Å². The monoisotopic (exact) mass is 493 g/mol. The van der Waals surface area contributed by atoms with Crippen molar-refractivity contribution in [3.05, 3.63) is 77.0 Å². The molecule has 0 saturated carbocycles. The molecule has 0 atom stereocenters. The van der Waals surface area contributed by atoms with Gasteiger partial charge in [0, 0.05) is 11.3 Å². The van der Waals surface area contributed by atoms with Gasteiger partial charge in [0.2, 0.25) is 23.5 Å². The van der Waals surface area contributed by atoms with Crippen molar-refractivity contribution in [2.24, 2.45) is 0 Å². The number of aromatic nitrogens is 5. The number of hydrogen-bond acceptors (Lipinski definition) is 6. The number of ether oxygens (including phenoxy) is 1. The molecule has 184 valence electrons. The standard InChI is InChI=1S/C25H22F3N7O/c1-13(2)35-19(30-4)11-31-20(35)12-36-24-21(16-9-14(3)32-18(10-16)23(27)28)22(33-25(29)34-24)15-5-7-17(26)8-6-15/h5-11,13,23H,12H2,1-3H3,(H2,29,33,34). The molecule has 11 heteroatoms. The first-order valence-corrected chi connectivity index (χ1v) is 10.9. The molecule has 0 bridgehead atoms. The number of benzene rings is 1. The van der Waals surface area contributed by atoms with Crippen molar-refractivity contribution in [3.63, 3.8) is 0 Å². The lowest BCUT2D eigenvalue weighted by atomic mass is 9.99. The van der Waals surface area contributed by atoms with Crippen LogP contribution in [0.3, 0.4) is 0 Å². The summed E-state index contributed by atoms with van der Waals surface area (Å²) in [5, 5.41) is 0. The van der Waals surface area contributed by atoms with E-state index in [1.54, 1.807) is 17.6 Å². The van der Waals surface area contributed by atoms with Gasteiger partial charge in [-0.1, -0.05) is 6.57 Å². The molecule has 3 aromatic heterocycles. The molecule has 0 aliphatic carbocycles. The maximum Gasteiger partial charge on any atom is 0.280 e. The predicted molar refractivity (Wildman–Crippen MR) is 128 cm³/mol.